The van der Waals surface area contributed by atoms with Crippen LogP contribution in [0.25, 0.3) is 16.6 Å². The Bertz CT molecular complexity index is 1570. The molecule has 6 rings (SSSR count). The second-order valence-corrected chi connectivity index (χ2v) is 10.1. The van der Waals surface area contributed by atoms with Crippen LogP contribution in [0.4, 0.5) is 5.69 Å². The van der Waals surface area contributed by atoms with Crippen LogP contribution in [-0.4, -0.2) is 28.5 Å². The Balaban J connectivity index is 1.10. The van der Waals surface area contributed by atoms with Crippen LogP contribution >= 0.6 is 0 Å². The lowest BCUT2D eigenvalue weighted by Crippen LogP contribution is -2.22. The summed E-state index contributed by atoms with van der Waals surface area (Å²) in [5.41, 5.74) is 11.6. The smallest absolute Gasteiger partial charge is 0.251 e. The van der Waals surface area contributed by atoms with E-state index in [0.29, 0.717) is 17.8 Å². The summed E-state index contributed by atoms with van der Waals surface area (Å²) in [6.07, 6.45) is 4.82. The first-order valence-electron chi connectivity index (χ1n) is 13.4. The Labute approximate surface area is 228 Å². The van der Waals surface area contributed by atoms with Crippen LogP contribution in [0.1, 0.15) is 34.3 Å². The van der Waals surface area contributed by atoms with Gasteiger partial charge in [-0.05, 0) is 104 Å². The summed E-state index contributed by atoms with van der Waals surface area (Å²) in [6.45, 7) is 3.75. The highest BCUT2D eigenvalue weighted by atomic mass is 16.5. The molecule has 1 aliphatic heterocycles. The minimum absolute atomic E-state index is 0.101. The lowest BCUT2D eigenvalue weighted by Gasteiger charge is -2.13. The average molecular weight is 517 g/mol. The molecule has 0 radical (unpaired) electrons. The molecule has 3 N–H and O–H groups in total. The number of likely N-dealkylation sites (tertiary alicyclic amines) is 1. The fourth-order valence-corrected chi connectivity index (χ4v) is 5.18. The third-order valence-electron chi connectivity index (χ3n) is 7.29. The van der Waals surface area contributed by atoms with E-state index in [0.717, 1.165) is 29.3 Å². The average Bonchev–Trinajstić information content (AvgIpc) is 3.62. The second-order valence-electron chi connectivity index (χ2n) is 10.1. The van der Waals surface area contributed by atoms with Gasteiger partial charge in [0, 0.05) is 41.6 Å². The maximum Gasteiger partial charge on any atom is 0.251 e. The fourth-order valence-electron chi connectivity index (χ4n) is 5.18. The number of fused-ring (bicyclic) bond motifs is 1. The van der Waals surface area contributed by atoms with Crippen LogP contribution in [0.5, 0.6) is 11.5 Å². The zero-order valence-corrected chi connectivity index (χ0v) is 21.8. The molecule has 4 aromatic carbocycles. The molecule has 0 saturated carbocycles. The van der Waals surface area contributed by atoms with E-state index in [2.05, 4.69) is 45.2 Å². The maximum absolute atomic E-state index is 12.9. The van der Waals surface area contributed by atoms with Crippen molar-refractivity contribution in [1.29, 1.82) is 0 Å². The zero-order valence-electron chi connectivity index (χ0n) is 21.8. The van der Waals surface area contributed by atoms with E-state index in [1.54, 1.807) is 12.1 Å². The van der Waals surface area contributed by atoms with Crippen molar-refractivity contribution in [1.82, 2.24) is 14.8 Å². The third kappa shape index (κ3) is 5.66. The molecular formula is C33H32N4O2. The quantitative estimate of drug-likeness (QED) is 0.230. The summed E-state index contributed by atoms with van der Waals surface area (Å²) in [5.74, 6) is 1.35. The van der Waals surface area contributed by atoms with Crippen molar-refractivity contribution in [3.05, 3.63) is 120 Å². The first-order valence-corrected chi connectivity index (χ1v) is 13.4. The van der Waals surface area contributed by atoms with Gasteiger partial charge in [0.2, 0.25) is 0 Å². The molecule has 5 aromatic rings. The number of nitrogens with zero attached hydrogens (tertiary/aromatic N) is 2. The second kappa shape index (κ2) is 11.1. The van der Waals surface area contributed by atoms with Crippen LogP contribution in [0.2, 0.25) is 0 Å². The number of ether oxygens (including phenoxy) is 1. The van der Waals surface area contributed by atoms with Gasteiger partial charge in [-0.25, -0.2) is 0 Å². The molecule has 0 spiro atoms. The van der Waals surface area contributed by atoms with Gasteiger partial charge in [0.1, 0.15) is 11.5 Å². The molecule has 0 aliphatic carbocycles. The predicted octanol–water partition coefficient (Wildman–Crippen LogP) is 6.53. The normalized spacial score (nSPS) is 13.5. The number of hydrogen-bond donors (Lipinski definition) is 2. The van der Waals surface area contributed by atoms with Crippen molar-refractivity contribution in [2.45, 2.75) is 25.9 Å². The minimum atomic E-state index is -0.101. The molecule has 6 heteroatoms. The SMILES string of the molecule is Nc1ccc(Oc2ccc(CNC(=O)c3ccc(-n4cc(CN5CCCC5)c5ccccc54)cc3)cc2)cc1. The molecule has 0 unspecified atom stereocenters. The summed E-state index contributed by atoms with van der Waals surface area (Å²) in [6, 6.07) is 31.3. The molecule has 39 heavy (non-hydrogen) atoms. The predicted molar refractivity (Wildman–Crippen MR) is 156 cm³/mol. The van der Waals surface area contributed by atoms with Crippen LogP contribution < -0.4 is 15.8 Å². The Kier molecular flexibility index (Phi) is 7.02. The van der Waals surface area contributed by atoms with Crippen molar-refractivity contribution < 1.29 is 9.53 Å². The third-order valence-corrected chi connectivity index (χ3v) is 7.29. The number of amides is 1. The number of nitrogens with two attached hydrogens (primary N) is 1. The Morgan fingerprint density at radius 3 is 2.21 bits per heavy atom. The van der Waals surface area contributed by atoms with Crippen LogP contribution in [-0.2, 0) is 13.1 Å². The van der Waals surface area contributed by atoms with Gasteiger partial charge < -0.3 is 20.4 Å². The van der Waals surface area contributed by atoms with Gasteiger partial charge in [-0.1, -0.05) is 30.3 Å². The van der Waals surface area contributed by atoms with E-state index < -0.39 is 0 Å². The molecule has 1 amide bonds. The zero-order chi connectivity index (χ0) is 26.6. The Morgan fingerprint density at radius 1 is 0.821 bits per heavy atom. The van der Waals surface area contributed by atoms with Gasteiger partial charge in [-0.3, -0.25) is 9.69 Å². The van der Waals surface area contributed by atoms with Gasteiger partial charge in [0.05, 0.1) is 5.52 Å². The highest BCUT2D eigenvalue weighted by molar-refractivity contribution is 5.94. The molecule has 2 heterocycles. The summed E-state index contributed by atoms with van der Waals surface area (Å²) < 4.78 is 8.08. The number of para-hydroxylation sites is 1. The summed E-state index contributed by atoms with van der Waals surface area (Å²) >= 11 is 0. The molecule has 1 aliphatic rings. The van der Waals surface area contributed by atoms with Crippen LogP contribution in [0, 0.1) is 0 Å². The highest BCUT2D eigenvalue weighted by Gasteiger charge is 2.16. The first kappa shape index (κ1) is 24.8. The molecule has 196 valence electrons. The number of nitrogens with one attached hydrogen (secondary N) is 1. The van der Waals surface area contributed by atoms with E-state index in [1.165, 1.54) is 42.4 Å². The van der Waals surface area contributed by atoms with Crippen molar-refractivity contribution in [3.63, 3.8) is 0 Å². The Hall–Kier alpha value is -4.55. The van der Waals surface area contributed by atoms with E-state index in [9.17, 15) is 4.79 Å². The number of hydrogen-bond acceptors (Lipinski definition) is 4. The van der Waals surface area contributed by atoms with E-state index in [-0.39, 0.29) is 5.91 Å². The number of anilines is 1. The van der Waals surface area contributed by atoms with Crippen LogP contribution in [0.15, 0.2) is 103 Å². The highest BCUT2D eigenvalue weighted by Crippen LogP contribution is 2.27. The van der Waals surface area contributed by atoms with Crippen molar-refractivity contribution in [2.75, 3.05) is 18.8 Å². The molecular weight excluding hydrogens is 484 g/mol. The molecule has 0 atom stereocenters. The largest absolute Gasteiger partial charge is 0.457 e. The summed E-state index contributed by atoms with van der Waals surface area (Å²) in [7, 11) is 0. The maximum atomic E-state index is 12.9. The number of benzene rings is 4. The van der Waals surface area contributed by atoms with Gasteiger partial charge in [0.15, 0.2) is 0 Å². The number of aromatic nitrogens is 1. The van der Waals surface area contributed by atoms with E-state index in [1.807, 2.05) is 60.7 Å². The standard InChI is InChI=1S/C33H32N4O2/c34-27-11-17-30(18-12-27)39-29-15-7-24(8-16-29)21-35-33(38)25-9-13-28(14-10-25)37-23-26(22-36-19-3-4-20-36)31-5-1-2-6-32(31)37/h1-2,5-18,23H,3-4,19-22,34H2,(H,35,38). The van der Waals surface area contributed by atoms with Gasteiger partial charge >= 0.3 is 0 Å². The number of carbonyl (C=O) groups is 1. The van der Waals surface area contributed by atoms with Crippen molar-refractivity contribution in [2.24, 2.45) is 0 Å². The molecule has 1 fully saturated rings. The molecule has 1 aromatic heterocycles. The van der Waals surface area contributed by atoms with Gasteiger partial charge in [0.25, 0.3) is 5.91 Å². The molecule has 0 bridgehead atoms. The van der Waals surface area contributed by atoms with E-state index >= 15 is 0 Å². The van der Waals surface area contributed by atoms with Crippen molar-refractivity contribution in [3.8, 4) is 17.2 Å². The monoisotopic (exact) mass is 516 g/mol. The summed E-state index contributed by atoms with van der Waals surface area (Å²) in [4.78, 5) is 15.4. The van der Waals surface area contributed by atoms with Gasteiger partial charge in [-0.15, -0.1) is 0 Å². The van der Waals surface area contributed by atoms with Gasteiger partial charge in [-0.2, -0.15) is 0 Å². The fraction of sp³-hybridized carbons (Fsp3) is 0.182. The van der Waals surface area contributed by atoms with Crippen molar-refractivity contribution >= 4 is 22.5 Å². The number of nitrogen functional groups attached to an aromatic ring is 1. The minimum Gasteiger partial charge on any atom is -0.457 e. The topological polar surface area (TPSA) is 72.5 Å². The number of rotatable bonds is 8. The molecule has 1 saturated heterocycles. The molecule has 6 nitrogen and oxygen atoms in total. The van der Waals surface area contributed by atoms with E-state index in [4.69, 9.17) is 10.5 Å². The first-order chi connectivity index (χ1) is 19.1. The van der Waals surface area contributed by atoms with Crippen LogP contribution in [0.3, 0.4) is 0 Å². The summed E-state index contributed by atoms with van der Waals surface area (Å²) in [5, 5.41) is 4.31. The lowest BCUT2D eigenvalue weighted by molar-refractivity contribution is 0.0951. The Morgan fingerprint density at radius 2 is 1.49 bits per heavy atom. The lowest BCUT2D eigenvalue weighted by atomic mass is 10.1. The number of carbonyl (C=O) groups excluding carboxylic acids is 1.